The highest BCUT2D eigenvalue weighted by Crippen LogP contribution is 2.30. The van der Waals surface area contributed by atoms with Crippen molar-refractivity contribution < 1.29 is 4.74 Å². The van der Waals surface area contributed by atoms with Gasteiger partial charge in [0.05, 0.1) is 0 Å². The van der Waals surface area contributed by atoms with E-state index in [-0.39, 0.29) is 0 Å². The first-order chi connectivity index (χ1) is 9.20. The first-order valence-corrected chi connectivity index (χ1v) is 7.47. The third-order valence-electron chi connectivity index (χ3n) is 3.81. The Balaban J connectivity index is 2.19. The lowest BCUT2D eigenvalue weighted by atomic mass is 9.87. The zero-order valence-electron chi connectivity index (χ0n) is 12.4. The molecule has 1 saturated heterocycles. The predicted molar refractivity (Wildman–Crippen MR) is 78.3 cm³/mol. The van der Waals surface area contributed by atoms with E-state index in [1.54, 1.807) is 0 Å². The normalized spacial score (nSPS) is 18.5. The summed E-state index contributed by atoms with van der Waals surface area (Å²) in [6, 6.07) is 4.91. The predicted octanol–water partition coefficient (Wildman–Crippen LogP) is 3.17. The fourth-order valence-electron chi connectivity index (χ4n) is 2.95. The van der Waals surface area contributed by atoms with Crippen LogP contribution in [-0.2, 0) is 4.74 Å². The van der Waals surface area contributed by atoms with Gasteiger partial charge in [0, 0.05) is 30.6 Å². The van der Waals surface area contributed by atoms with Gasteiger partial charge in [-0.05, 0) is 63.3 Å². The molecule has 1 aromatic rings. The Morgan fingerprint density at radius 3 is 2.47 bits per heavy atom. The number of ether oxygens (including phenoxy) is 1. The van der Waals surface area contributed by atoms with Crippen molar-refractivity contribution in [1.29, 1.82) is 0 Å². The zero-order chi connectivity index (χ0) is 13.7. The third kappa shape index (κ3) is 4.02. The van der Waals surface area contributed by atoms with Gasteiger partial charge < -0.3 is 10.1 Å². The van der Waals surface area contributed by atoms with Crippen molar-refractivity contribution in [3.05, 3.63) is 29.1 Å². The highest BCUT2D eigenvalue weighted by molar-refractivity contribution is 5.24. The highest BCUT2D eigenvalue weighted by Gasteiger charge is 2.25. The van der Waals surface area contributed by atoms with Gasteiger partial charge in [-0.25, -0.2) is 0 Å². The van der Waals surface area contributed by atoms with Gasteiger partial charge >= 0.3 is 0 Å². The SMILES string of the molecule is CCCNC(c1cc(C)nc(C)c1)C1CCOCC1. The number of hydrogen-bond acceptors (Lipinski definition) is 3. The summed E-state index contributed by atoms with van der Waals surface area (Å²) in [4.78, 5) is 4.49. The van der Waals surface area contributed by atoms with E-state index in [9.17, 15) is 0 Å². The molecule has 0 bridgehead atoms. The maximum atomic E-state index is 5.50. The molecule has 106 valence electrons. The molecule has 0 amide bonds. The van der Waals surface area contributed by atoms with Gasteiger partial charge in [0.2, 0.25) is 0 Å². The van der Waals surface area contributed by atoms with E-state index in [0.717, 1.165) is 44.0 Å². The molecule has 1 atom stereocenters. The smallest absolute Gasteiger partial charge is 0.0469 e. The lowest BCUT2D eigenvalue weighted by Gasteiger charge is -2.31. The third-order valence-corrected chi connectivity index (χ3v) is 3.81. The van der Waals surface area contributed by atoms with Crippen LogP contribution in [0.5, 0.6) is 0 Å². The van der Waals surface area contributed by atoms with Crippen LogP contribution in [0.25, 0.3) is 0 Å². The summed E-state index contributed by atoms with van der Waals surface area (Å²) < 4.78 is 5.50. The van der Waals surface area contributed by atoms with Crippen LogP contribution in [0.15, 0.2) is 12.1 Å². The Labute approximate surface area is 116 Å². The van der Waals surface area contributed by atoms with Crippen LogP contribution in [0.2, 0.25) is 0 Å². The molecular formula is C16H26N2O. The number of aryl methyl sites for hydroxylation is 2. The quantitative estimate of drug-likeness (QED) is 0.885. The van der Waals surface area contributed by atoms with Crippen LogP contribution in [0, 0.1) is 19.8 Å². The first-order valence-electron chi connectivity index (χ1n) is 7.47. The Morgan fingerprint density at radius 1 is 1.26 bits per heavy atom. The minimum absolute atomic E-state index is 0.448. The van der Waals surface area contributed by atoms with Crippen LogP contribution >= 0.6 is 0 Å². The molecule has 1 N–H and O–H groups in total. The molecule has 1 aromatic heterocycles. The van der Waals surface area contributed by atoms with Crippen LogP contribution in [0.1, 0.15) is 49.2 Å². The molecule has 19 heavy (non-hydrogen) atoms. The van der Waals surface area contributed by atoms with E-state index >= 15 is 0 Å². The van der Waals surface area contributed by atoms with E-state index in [4.69, 9.17) is 4.74 Å². The van der Waals surface area contributed by atoms with Gasteiger partial charge in [-0.15, -0.1) is 0 Å². The topological polar surface area (TPSA) is 34.2 Å². The molecule has 0 aromatic carbocycles. The van der Waals surface area contributed by atoms with Crippen molar-refractivity contribution in [2.75, 3.05) is 19.8 Å². The Kier molecular flexibility index (Phi) is 5.34. The molecule has 0 saturated carbocycles. The minimum Gasteiger partial charge on any atom is -0.381 e. The van der Waals surface area contributed by atoms with Crippen molar-refractivity contribution in [2.24, 2.45) is 5.92 Å². The van der Waals surface area contributed by atoms with E-state index in [1.165, 1.54) is 12.0 Å². The van der Waals surface area contributed by atoms with Gasteiger partial charge in [0.25, 0.3) is 0 Å². The summed E-state index contributed by atoms with van der Waals surface area (Å²) in [5.74, 6) is 0.682. The second-order valence-electron chi connectivity index (χ2n) is 5.56. The van der Waals surface area contributed by atoms with Crippen molar-refractivity contribution in [3.8, 4) is 0 Å². The molecule has 1 fully saturated rings. The molecule has 1 unspecified atom stereocenters. The number of nitrogens with zero attached hydrogens (tertiary/aromatic N) is 1. The monoisotopic (exact) mass is 262 g/mol. The summed E-state index contributed by atoms with van der Waals surface area (Å²) in [5, 5.41) is 3.73. The molecule has 3 heteroatoms. The summed E-state index contributed by atoms with van der Waals surface area (Å²) in [7, 11) is 0. The van der Waals surface area contributed by atoms with E-state index in [1.807, 2.05) is 0 Å². The molecular weight excluding hydrogens is 236 g/mol. The average molecular weight is 262 g/mol. The molecule has 0 spiro atoms. The van der Waals surface area contributed by atoms with Crippen LogP contribution in [-0.4, -0.2) is 24.7 Å². The molecule has 1 aliphatic rings. The van der Waals surface area contributed by atoms with E-state index in [2.05, 4.69) is 43.2 Å². The molecule has 2 rings (SSSR count). The Hall–Kier alpha value is -0.930. The van der Waals surface area contributed by atoms with Crippen LogP contribution in [0.4, 0.5) is 0 Å². The second kappa shape index (κ2) is 7.01. The number of aromatic nitrogens is 1. The lowest BCUT2D eigenvalue weighted by molar-refractivity contribution is 0.0536. The summed E-state index contributed by atoms with van der Waals surface area (Å²) in [6.07, 6.45) is 3.48. The van der Waals surface area contributed by atoms with Crippen molar-refractivity contribution >= 4 is 0 Å². The fourth-order valence-corrected chi connectivity index (χ4v) is 2.95. The molecule has 1 aliphatic heterocycles. The van der Waals surface area contributed by atoms with Gasteiger partial charge in [-0.3, -0.25) is 4.98 Å². The molecule has 2 heterocycles. The number of pyridine rings is 1. The number of nitrogens with one attached hydrogen (secondary N) is 1. The van der Waals surface area contributed by atoms with E-state index < -0.39 is 0 Å². The van der Waals surface area contributed by atoms with Crippen molar-refractivity contribution in [3.63, 3.8) is 0 Å². The van der Waals surface area contributed by atoms with Crippen molar-refractivity contribution in [1.82, 2.24) is 10.3 Å². The lowest BCUT2D eigenvalue weighted by Crippen LogP contribution is -2.32. The second-order valence-corrected chi connectivity index (χ2v) is 5.56. The zero-order valence-corrected chi connectivity index (χ0v) is 12.4. The van der Waals surface area contributed by atoms with Crippen LogP contribution < -0.4 is 5.32 Å². The fraction of sp³-hybridized carbons (Fsp3) is 0.688. The molecule has 0 radical (unpaired) electrons. The Bertz CT molecular complexity index is 379. The summed E-state index contributed by atoms with van der Waals surface area (Å²) >= 11 is 0. The summed E-state index contributed by atoms with van der Waals surface area (Å²) in [6.45, 7) is 9.25. The largest absolute Gasteiger partial charge is 0.381 e. The standard InChI is InChI=1S/C16H26N2O/c1-4-7-17-16(14-5-8-19-9-6-14)15-10-12(2)18-13(3)11-15/h10-11,14,16-17H,4-9H2,1-3H3. The highest BCUT2D eigenvalue weighted by atomic mass is 16.5. The summed E-state index contributed by atoms with van der Waals surface area (Å²) in [5.41, 5.74) is 3.63. The maximum Gasteiger partial charge on any atom is 0.0469 e. The Morgan fingerprint density at radius 2 is 1.89 bits per heavy atom. The van der Waals surface area contributed by atoms with E-state index in [0.29, 0.717) is 12.0 Å². The molecule has 0 aliphatic carbocycles. The maximum absolute atomic E-state index is 5.50. The number of rotatable bonds is 5. The van der Waals surface area contributed by atoms with Crippen LogP contribution in [0.3, 0.4) is 0 Å². The van der Waals surface area contributed by atoms with Crippen molar-refractivity contribution in [2.45, 2.75) is 46.1 Å². The van der Waals surface area contributed by atoms with Gasteiger partial charge in [-0.2, -0.15) is 0 Å². The molecule has 3 nitrogen and oxygen atoms in total. The first kappa shape index (κ1) is 14.5. The number of hydrogen-bond donors (Lipinski definition) is 1. The van der Waals surface area contributed by atoms with Gasteiger partial charge in [0.1, 0.15) is 0 Å². The average Bonchev–Trinajstić information content (AvgIpc) is 2.39. The van der Waals surface area contributed by atoms with Gasteiger partial charge in [0.15, 0.2) is 0 Å². The van der Waals surface area contributed by atoms with Gasteiger partial charge in [-0.1, -0.05) is 6.92 Å². The minimum atomic E-state index is 0.448.